The van der Waals surface area contributed by atoms with Crippen LogP contribution in [-0.4, -0.2) is 43.4 Å². The highest BCUT2D eigenvalue weighted by atomic mass is 32.2. The number of nitrogens with zero attached hydrogens (tertiary/aromatic N) is 2. The molecule has 37 heavy (non-hydrogen) atoms. The molecule has 0 bridgehead atoms. The molecule has 1 N–H and O–H groups in total. The molecule has 0 aliphatic rings. The number of nitro benzene ring substituents is 1. The lowest BCUT2D eigenvalue weighted by atomic mass is 9.97. The minimum Gasteiger partial charge on any atom is -0.288 e. The zero-order chi connectivity index (χ0) is 26.7. The third-order valence-electron chi connectivity index (χ3n) is 5.80. The van der Waals surface area contributed by atoms with Gasteiger partial charge in [-0.05, 0) is 23.6 Å². The summed E-state index contributed by atoms with van der Waals surface area (Å²) in [4.78, 5) is 12.6. The Morgan fingerprint density at radius 2 is 1.46 bits per heavy atom. The fraction of sp³-hybridized carbons (Fsp3) is 0.172. The predicted molar refractivity (Wildman–Crippen MR) is 149 cm³/mol. The lowest BCUT2D eigenvalue weighted by Gasteiger charge is -2.34. The highest BCUT2D eigenvalue weighted by molar-refractivity contribution is 7.89. The van der Waals surface area contributed by atoms with Gasteiger partial charge >= 0.3 is 0 Å². The highest BCUT2D eigenvalue weighted by Crippen LogP contribution is 2.25. The van der Waals surface area contributed by atoms with Crippen LogP contribution in [0.1, 0.15) is 11.1 Å². The maximum Gasteiger partial charge on any atom is 0.289 e. The lowest BCUT2D eigenvalue weighted by Crippen LogP contribution is -2.52. The van der Waals surface area contributed by atoms with Gasteiger partial charge in [0.25, 0.3) is 5.69 Å². The van der Waals surface area contributed by atoms with E-state index in [1.54, 1.807) is 12.2 Å². The van der Waals surface area contributed by atoms with E-state index in [0.717, 1.165) is 11.1 Å². The molecule has 7 nitrogen and oxygen atoms in total. The van der Waals surface area contributed by atoms with E-state index < -0.39 is 32.7 Å². The van der Waals surface area contributed by atoms with Crippen molar-refractivity contribution in [2.75, 3.05) is 13.1 Å². The Morgan fingerprint density at radius 1 is 0.892 bits per heavy atom. The van der Waals surface area contributed by atoms with Crippen LogP contribution >= 0.6 is 0 Å². The SMILES string of the molecule is C=CCN(CC=C)[C@H](/C=C/c1ccccc1)[C@H](Cc1ccccc1)NS(=O)(=O)c1ccccc1[N+](=O)[O-]. The zero-order valence-electron chi connectivity index (χ0n) is 20.5. The molecule has 0 aromatic heterocycles. The molecule has 0 heterocycles. The third-order valence-corrected chi connectivity index (χ3v) is 7.34. The largest absolute Gasteiger partial charge is 0.289 e. The van der Waals surface area contributed by atoms with Crippen LogP contribution in [-0.2, 0) is 16.4 Å². The van der Waals surface area contributed by atoms with E-state index in [9.17, 15) is 18.5 Å². The summed E-state index contributed by atoms with van der Waals surface area (Å²) in [7, 11) is -4.25. The van der Waals surface area contributed by atoms with Crippen LogP contribution in [0.3, 0.4) is 0 Å². The molecule has 192 valence electrons. The summed E-state index contributed by atoms with van der Waals surface area (Å²) in [6.07, 6.45) is 7.76. The highest BCUT2D eigenvalue weighted by Gasteiger charge is 2.32. The summed E-state index contributed by atoms with van der Waals surface area (Å²) in [5, 5.41) is 11.6. The molecule has 0 radical (unpaired) electrons. The lowest BCUT2D eigenvalue weighted by molar-refractivity contribution is -0.387. The van der Waals surface area contributed by atoms with E-state index in [2.05, 4.69) is 22.8 Å². The van der Waals surface area contributed by atoms with E-state index in [1.165, 1.54) is 24.3 Å². The minimum atomic E-state index is -4.25. The smallest absolute Gasteiger partial charge is 0.288 e. The molecule has 0 aliphatic carbocycles. The van der Waals surface area contributed by atoms with E-state index in [0.29, 0.717) is 19.5 Å². The first kappa shape index (κ1) is 27.7. The second kappa shape index (κ2) is 13.5. The topological polar surface area (TPSA) is 92.6 Å². The van der Waals surface area contributed by atoms with Gasteiger partial charge in [0, 0.05) is 31.2 Å². The second-order valence-corrected chi connectivity index (χ2v) is 10.1. The van der Waals surface area contributed by atoms with Gasteiger partial charge in [0.1, 0.15) is 0 Å². The van der Waals surface area contributed by atoms with E-state index in [-0.39, 0.29) is 4.90 Å². The molecule has 0 fully saturated rings. The van der Waals surface area contributed by atoms with Crippen molar-refractivity contribution < 1.29 is 13.3 Å². The van der Waals surface area contributed by atoms with E-state index in [4.69, 9.17) is 0 Å². The average Bonchev–Trinajstić information content (AvgIpc) is 2.90. The standard InChI is InChI=1S/C29H31N3O4S/c1-3-21-31(22-4-2)27(20-19-24-13-7-5-8-14-24)26(23-25-15-9-6-10-16-25)30-37(35,36)29-18-12-11-17-28(29)32(33)34/h3-20,26-27,30H,1-2,21-23H2/b20-19+/t26-,27+/m0/s1. The summed E-state index contributed by atoms with van der Waals surface area (Å²) in [5.74, 6) is 0. The van der Waals surface area contributed by atoms with Crippen LogP contribution in [0, 0.1) is 10.1 Å². The Hall–Kier alpha value is -3.85. The molecule has 0 aliphatic heterocycles. The number of hydrogen-bond acceptors (Lipinski definition) is 5. The average molecular weight is 518 g/mol. The molecule has 0 saturated heterocycles. The van der Waals surface area contributed by atoms with E-state index >= 15 is 0 Å². The Balaban J connectivity index is 2.10. The zero-order valence-corrected chi connectivity index (χ0v) is 21.3. The fourth-order valence-electron chi connectivity index (χ4n) is 4.13. The molecule has 3 rings (SSSR count). The van der Waals surface area contributed by atoms with E-state index in [1.807, 2.05) is 72.8 Å². The predicted octanol–water partition coefficient (Wildman–Crippen LogP) is 5.24. The van der Waals surface area contributed by atoms with Gasteiger partial charge in [0.2, 0.25) is 10.0 Å². The molecule has 0 unspecified atom stereocenters. The summed E-state index contributed by atoms with van der Waals surface area (Å²) in [6, 6.07) is 23.5. The van der Waals surface area contributed by atoms with Gasteiger partial charge in [0.05, 0.1) is 4.92 Å². The van der Waals surface area contributed by atoms with Crippen molar-refractivity contribution in [3.63, 3.8) is 0 Å². The van der Waals surface area contributed by atoms with Crippen molar-refractivity contribution in [1.82, 2.24) is 9.62 Å². The third kappa shape index (κ3) is 7.82. The quantitative estimate of drug-likeness (QED) is 0.179. The van der Waals surface area contributed by atoms with Gasteiger partial charge in [-0.1, -0.05) is 97.1 Å². The van der Waals surface area contributed by atoms with Gasteiger partial charge in [-0.15, -0.1) is 13.2 Å². The van der Waals surface area contributed by atoms with Crippen molar-refractivity contribution >= 4 is 21.8 Å². The van der Waals surface area contributed by atoms with Crippen molar-refractivity contribution in [1.29, 1.82) is 0 Å². The summed E-state index contributed by atoms with van der Waals surface area (Å²) < 4.78 is 29.9. The number of benzene rings is 3. The maximum atomic E-state index is 13.6. The molecular weight excluding hydrogens is 486 g/mol. The molecule has 0 amide bonds. The number of sulfonamides is 1. The number of hydrogen-bond donors (Lipinski definition) is 1. The number of para-hydroxylation sites is 1. The molecule has 0 saturated carbocycles. The van der Waals surface area contributed by atoms with Gasteiger partial charge in [-0.3, -0.25) is 15.0 Å². The summed E-state index contributed by atoms with van der Waals surface area (Å²) >= 11 is 0. The Bertz CT molecular complexity index is 1320. The van der Waals surface area contributed by atoms with Crippen molar-refractivity contribution in [3.8, 4) is 0 Å². The van der Waals surface area contributed by atoms with Gasteiger partial charge < -0.3 is 0 Å². The normalized spacial score (nSPS) is 13.3. The second-order valence-electron chi connectivity index (χ2n) is 8.43. The monoisotopic (exact) mass is 517 g/mol. The molecule has 3 aromatic carbocycles. The first-order valence-electron chi connectivity index (χ1n) is 11.8. The van der Waals surface area contributed by atoms with Crippen molar-refractivity contribution in [2.45, 2.75) is 23.4 Å². The molecule has 8 heteroatoms. The van der Waals surface area contributed by atoms with Crippen molar-refractivity contribution in [3.05, 3.63) is 138 Å². The van der Waals surface area contributed by atoms with Crippen LogP contribution in [0.5, 0.6) is 0 Å². The Kier molecular flexibility index (Phi) is 10.1. The summed E-state index contributed by atoms with van der Waals surface area (Å²) in [5.41, 5.74) is 1.41. The van der Waals surface area contributed by atoms with Crippen LogP contribution in [0.15, 0.2) is 121 Å². The number of nitrogens with one attached hydrogen (secondary N) is 1. The van der Waals surface area contributed by atoms with Gasteiger partial charge in [-0.25, -0.2) is 13.1 Å². The van der Waals surface area contributed by atoms with Crippen LogP contribution in [0.4, 0.5) is 5.69 Å². The molecular formula is C29H31N3O4S. The van der Waals surface area contributed by atoms with Gasteiger partial charge in [-0.2, -0.15) is 0 Å². The minimum absolute atomic E-state index is 0.356. The van der Waals surface area contributed by atoms with Crippen LogP contribution in [0.25, 0.3) is 6.08 Å². The first-order chi connectivity index (χ1) is 17.9. The van der Waals surface area contributed by atoms with Crippen LogP contribution < -0.4 is 4.72 Å². The number of nitro groups is 1. The Labute approximate surface area is 218 Å². The van der Waals surface area contributed by atoms with Crippen molar-refractivity contribution in [2.24, 2.45) is 0 Å². The Morgan fingerprint density at radius 3 is 2.05 bits per heavy atom. The maximum absolute atomic E-state index is 13.6. The molecule has 3 aromatic rings. The fourth-order valence-corrected chi connectivity index (χ4v) is 5.56. The number of rotatable bonds is 14. The summed E-state index contributed by atoms with van der Waals surface area (Å²) in [6.45, 7) is 8.69. The molecule has 2 atom stereocenters. The molecule has 0 spiro atoms. The van der Waals surface area contributed by atoms with Crippen LogP contribution in [0.2, 0.25) is 0 Å². The first-order valence-corrected chi connectivity index (χ1v) is 13.3. The van der Waals surface area contributed by atoms with Gasteiger partial charge in [0.15, 0.2) is 4.90 Å².